The molecule has 1 aromatic carbocycles. The summed E-state index contributed by atoms with van der Waals surface area (Å²) < 4.78 is 0. The van der Waals surface area contributed by atoms with Crippen LogP contribution in [-0.2, 0) is 0 Å². The van der Waals surface area contributed by atoms with Crippen LogP contribution in [0.3, 0.4) is 0 Å². The molecule has 1 aliphatic carbocycles. The Balaban J connectivity index is 2.08. The second-order valence-corrected chi connectivity index (χ2v) is 5.17. The third-order valence-corrected chi connectivity index (χ3v) is 3.73. The van der Waals surface area contributed by atoms with E-state index >= 15 is 0 Å². The van der Waals surface area contributed by atoms with Crippen molar-refractivity contribution in [3.05, 3.63) is 29.8 Å². The molecule has 5 heteroatoms. The summed E-state index contributed by atoms with van der Waals surface area (Å²) in [5, 5.41) is 12.1. The Labute approximate surface area is 118 Å². The summed E-state index contributed by atoms with van der Waals surface area (Å²) in [4.78, 5) is 24.8. The topological polar surface area (TPSA) is 69.6 Å². The van der Waals surface area contributed by atoms with E-state index in [1.807, 2.05) is 0 Å². The number of anilines is 1. The van der Waals surface area contributed by atoms with Gasteiger partial charge in [-0.15, -0.1) is 0 Å². The summed E-state index contributed by atoms with van der Waals surface area (Å²) in [6.07, 6.45) is 5.51. The van der Waals surface area contributed by atoms with Gasteiger partial charge in [0.25, 0.3) is 0 Å². The smallest absolute Gasteiger partial charge is 0.337 e. The number of nitrogens with zero attached hydrogens (tertiary/aromatic N) is 1. The van der Waals surface area contributed by atoms with Crippen molar-refractivity contribution in [3.8, 4) is 0 Å². The predicted molar refractivity (Wildman–Crippen MR) is 77.2 cm³/mol. The van der Waals surface area contributed by atoms with E-state index in [1.54, 1.807) is 25.2 Å². The molecule has 0 atom stereocenters. The van der Waals surface area contributed by atoms with E-state index in [9.17, 15) is 9.59 Å². The number of amides is 2. The van der Waals surface area contributed by atoms with Crippen LogP contribution in [0.15, 0.2) is 24.3 Å². The number of carbonyl (C=O) groups excluding carboxylic acids is 1. The van der Waals surface area contributed by atoms with Gasteiger partial charge in [0, 0.05) is 13.1 Å². The Bertz CT molecular complexity index is 496. The van der Waals surface area contributed by atoms with Gasteiger partial charge in [0.1, 0.15) is 0 Å². The lowest BCUT2D eigenvalue weighted by Gasteiger charge is -2.26. The van der Waals surface area contributed by atoms with Crippen LogP contribution < -0.4 is 10.2 Å². The number of urea groups is 1. The molecule has 0 aliphatic heterocycles. The number of nitrogens with one attached hydrogen (secondary N) is 1. The summed E-state index contributed by atoms with van der Waals surface area (Å²) in [7, 11) is 1.60. The molecule has 1 fully saturated rings. The average Bonchev–Trinajstić information content (AvgIpc) is 2.47. The summed E-state index contributed by atoms with van der Waals surface area (Å²) in [6, 6.07) is 6.49. The average molecular weight is 276 g/mol. The molecule has 20 heavy (non-hydrogen) atoms. The predicted octanol–water partition coefficient (Wildman–Crippen LogP) is 2.86. The molecule has 0 aromatic heterocycles. The number of carbonyl (C=O) groups is 2. The lowest BCUT2D eigenvalue weighted by molar-refractivity contribution is 0.0697. The van der Waals surface area contributed by atoms with Gasteiger partial charge in [0.15, 0.2) is 0 Å². The lowest BCUT2D eigenvalue weighted by atomic mass is 9.96. The highest BCUT2D eigenvalue weighted by Crippen LogP contribution is 2.21. The number of benzene rings is 1. The zero-order chi connectivity index (χ0) is 14.5. The zero-order valence-electron chi connectivity index (χ0n) is 11.6. The Morgan fingerprint density at radius 2 is 1.85 bits per heavy atom. The SMILES string of the molecule is CN(C(=O)NC1CCCCC1)c1ccccc1C(=O)O. The molecule has 1 saturated carbocycles. The van der Waals surface area contributed by atoms with Gasteiger partial charge in [0.2, 0.25) is 0 Å². The van der Waals surface area contributed by atoms with Crippen LogP contribution >= 0.6 is 0 Å². The minimum Gasteiger partial charge on any atom is -0.478 e. The van der Waals surface area contributed by atoms with Gasteiger partial charge in [0.05, 0.1) is 11.3 Å². The molecule has 0 bridgehead atoms. The van der Waals surface area contributed by atoms with E-state index in [0.717, 1.165) is 25.7 Å². The highest BCUT2D eigenvalue weighted by molar-refractivity contribution is 6.01. The van der Waals surface area contributed by atoms with Gasteiger partial charge >= 0.3 is 12.0 Å². The molecule has 5 nitrogen and oxygen atoms in total. The summed E-state index contributed by atoms with van der Waals surface area (Å²) >= 11 is 0. The zero-order valence-corrected chi connectivity index (χ0v) is 11.6. The standard InChI is InChI=1S/C15H20N2O3/c1-17(13-10-6-5-9-12(13)14(18)19)15(20)16-11-7-3-2-4-8-11/h5-6,9-11H,2-4,7-8H2,1H3,(H,16,20)(H,18,19). The van der Waals surface area contributed by atoms with Gasteiger partial charge in [-0.2, -0.15) is 0 Å². The molecule has 0 saturated heterocycles. The fourth-order valence-electron chi connectivity index (χ4n) is 2.57. The van der Waals surface area contributed by atoms with Gasteiger partial charge in [-0.05, 0) is 25.0 Å². The maximum Gasteiger partial charge on any atom is 0.337 e. The van der Waals surface area contributed by atoms with Crippen molar-refractivity contribution in [2.24, 2.45) is 0 Å². The Morgan fingerprint density at radius 1 is 1.20 bits per heavy atom. The first-order valence-corrected chi connectivity index (χ1v) is 6.96. The highest BCUT2D eigenvalue weighted by Gasteiger charge is 2.21. The largest absolute Gasteiger partial charge is 0.478 e. The second kappa shape index (κ2) is 6.41. The van der Waals surface area contributed by atoms with Crippen LogP contribution in [0.5, 0.6) is 0 Å². The quantitative estimate of drug-likeness (QED) is 0.891. The summed E-state index contributed by atoms with van der Waals surface area (Å²) in [5.74, 6) is -1.03. The molecular weight excluding hydrogens is 256 g/mol. The van der Waals surface area contributed by atoms with E-state index in [4.69, 9.17) is 5.11 Å². The van der Waals surface area contributed by atoms with E-state index in [-0.39, 0.29) is 17.6 Å². The monoisotopic (exact) mass is 276 g/mol. The summed E-state index contributed by atoms with van der Waals surface area (Å²) in [5.41, 5.74) is 0.544. The molecular formula is C15H20N2O3. The fourth-order valence-corrected chi connectivity index (χ4v) is 2.57. The Kier molecular flexibility index (Phi) is 4.61. The maximum atomic E-state index is 12.2. The van der Waals surface area contributed by atoms with E-state index in [2.05, 4.69) is 5.32 Å². The van der Waals surface area contributed by atoms with Crippen molar-refractivity contribution in [3.63, 3.8) is 0 Å². The first-order valence-electron chi connectivity index (χ1n) is 6.96. The Hall–Kier alpha value is -2.04. The van der Waals surface area contributed by atoms with Crippen molar-refractivity contribution < 1.29 is 14.7 Å². The van der Waals surface area contributed by atoms with Gasteiger partial charge in [-0.25, -0.2) is 9.59 Å². The number of rotatable bonds is 3. The van der Waals surface area contributed by atoms with Crippen LogP contribution in [0.2, 0.25) is 0 Å². The van der Waals surface area contributed by atoms with Crippen LogP contribution in [0, 0.1) is 0 Å². The molecule has 2 rings (SSSR count). The van der Waals surface area contributed by atoms with E-state index < -0.39 is 5.97 Å². The molecule has 0 unspecified atom stereocenters. The van der Waals surface area contributed by atoms with Crippen LogP contribution in [-0.4, -0.2) is 30.2 Å². The minimum absolute atomic E-state index is 0.133. The van der Waals surface area contributed by atoms with Crippen molar-refractivity contribution in [1.82, 2.24) is 5.32 Å². The van der Waals surface area contributed by atoms with Crippen molar-refractivity contribution in [2.75, 3.05) is 11.9 Å². The molecule has 1 aliphatic rings. The van der Waals surface area contributed by atoms with Gasteiger partial charge in [-0.1, -0.05) is 31.4 Å². The Morgan fingerprint density at radius 3 is 2.50 bits per heavy atom. The van der Waals surface area contributed by atoms with Crippen LogP contribution in [0.1, 0.15) is 42.5 Å². The van der Waals surface area contributed by atoms with E-state index in [1.165, 1.54) is 17.4 Å². The van der Waals surface area contributed by atoms with Crippen LogP contribution in [0.25, 0.3) is 0 Å². The minimum atomic E-state index is -1.03. The van der Waals surface area contributed by atoms with Crippen molar-refractivity contribution in [2.45, 2.75) is 38.1 Å². The molecule has 2 amide bonds. The molecule has 2 N–H and O–H groups in total. The molecule has 0 radical (unpaired) electrons. The number of hydrogen-bond acceptors (Lipinski definition) is 2. The molecule has 0 heterocycles. The molecule has 108 valence electrons. The number of hydrogen-bond donors (Lipinski definition) is 2. The van der Waals surface area contributed by atoms with Crippen molar-refractivity contribution in [1.29, 1.82) is 0 Å². The van der Waals surface area contributed by atoms with Crippen molar-refractivity contribution >= 4 is 17.7 Å². The maximum absolute atomic E-state index is 12.2. The fraction of sp³-hybridized carbons (Fsp3) is 0.467. The molecule has 1 aromatic rings. The molecule has 0 spiro atoms. The highest BCUT2D eigenvalue weighted by atomic mass is 16.4. The van der Waals surface area contributed by atoms with Crippen LogP contribution in [0.4, 0.5) is 10.5 Å². The number of carboxylic acid groups (broad SMARTS) is 1. The lowest BCUT2D eigenvalue weighted by Crippen LogP contribution is -2.44. The summed E-state index contributed by atoms with van der Waals surface area (Å²) in [6.45, 7) is 0. The normalized spacial score (nSPS) is 15.7. The third kappa shape index (κ3) is 3.29. The van der Waals surface area contributed by atoms with Gasteiger partial charge in [-0.3, -0.25) is 4.90 Å². The number of carboxylic acids is 1. The first-order chi connectivity index (χ1) is 9.59. The third-order valence-electron chi connectivity index (χ3n) is 3.73. The first kappa shape index (κ1) is 14.4. The number of para-hydroxylation sites is 1. The second-order valence-electron chi connectivity index (χ2n) is 5.17. The van der Waals surface area contributed by atoms with E-state index in [0.29, 0.717) is 5.69 Å². The van der Waals surface area contributed by atoms with Gasteiger partial charge < -0.3 is 10.4 Å². The number of aromatic carboxylic acids is 1.